The van der Waals surface area contributed by atoms with E-state index in [2.05, 4.69) is 10.2 Å². The zero-order valence-corrected chi connectivity index (χ0v) is 19.3. The van der Waals surface area contributed by atoms with Crippen LogP contribution in [0.2, 0.25) is 0 Å². The summed E-state index contributed by atoms with van der Waals surface area (Å²) >= 11 is 1.34. The minimum absolute atomic E-state index is 0.0732. The van der Waals surface area contributed by atoms with Crippen molar-refractivity contribution in [3.8, 4) is 5.75 Å². The summed E-state index contributed by atoms with van der Waals surface area (Å²) in [5, 5.41) is 10.9. The van der Waals surface area contributed by atoms with Crippen molar-refractivity contribution in [2.75, 3.05) is 0 Å². The van der Waals surface area contributed by atoms with E-state index in [0.29, 0.717) is 38.7 Å². The van der Waals surface area contributed by atoms with Gasteiger partial charge in [-0.25, -0.2) is 4.79 Å². The van der Waals surface area contributed by atoms with Crippen LogP contribution in [0.15, 0.2) is 75.3 Å². The quantitative estimate of drug-likeness (QED) is 0.323. The van der Waals surface area contributed by atoms with Crippen molar-refractivity contribution in [3.63, 3.8) is 0 Å². The molecule has 4 heterocycles. The number of rotatable bonds is 6. The smallest absolute Gasteiger partial charge is 0.375 e. The Morgan fingerprint density at radius 3 is 2.69 bits per heavy atom. The maximum Gasteiger partial charge on any atom is 0.375 e. The van der Waals surface area contributed by atoms with E-state index in [9.17, 15) is 9.59 Å². The van der Waals surface area contributed by atoms with Gasteiger partial charge in [0.1, 0.15) is 22.6 Å². The second-order valence-electron chi connectivity index (χ2n) is 7.83. The van der Waals surface area contributed by atoms with Gasteiger partial charge in [-0.05, 0) is 29.6 Å². The van der Waals surface area contributed by atoms with Crippen molar-refractivity contribution in [1.82, 2.24) is 19.2 Å². The van der Waals surface area contributed by atoms with Gasteiger partial charge in [-0.2, -0.15) is 0 Å². The molecule has 174 valence electrons. The second-order valence-corrected chi connectivity index (χ2v) is 8.75. The zero-order valence-electron chi connectivity index (χ0n) is 18.5. The van der Waals surface area contributed by atoms with Gasteiger partial charge in [-0.1, -0.05) is 36.4 Å². The average molecular weight is 487 g/mol. The van der Waals surface area contributed by atoms with Gasteiger partial charge < -0.3 is 13.9 Å². The van der Waals surface area contributed by atoms with Crippen LogP contribution in [0.5, 0.6) is 5.75 Å². The molecule has 10 heteroatoms. The first-order valence-corrected chi connectivity index (χ1v) is 11.7. The molecule has 0 bridgehead atoms. The summed E-state index contributed by atoms with van der Waals surface area (Å²) < 4.78 is 21.1. The van der Waals surface area contributed by atoms with Crippen molar-refractivity contribution in [3.05, 3.63) is 93.5 Å². The molecule has 0 saturated carbocycles. The highest BCUT2D eigenvalue weighted by Gasteiger charge is 2.24. The standard InChI is InChI=1S/C25H18N4O5S/c1-28-23(30)22-18(11-12-35-22)29-20(26-27-25(28)29)14-33-24(31)21-17(13-32-15-7-3-2-4-8-15)16-9-5-6-10-19(16)34-21/h2-12H,13-14H2,1H3. The molecule has 0 aliphatic rings. The molecular formula is C25H18N4O5S. The largest absolute Gasteiger partial charge is 0.489 e. The minimum atomic E-state index is -0.643. The number of thiophene rings is 1. The summed E-state index contributed by atoms with van der Waals surface area (Å²) in [4.78, 5) is 25.7. The van der Waals surface area contributed by atoms with Crippen LogP contribution in [0.25, 0.3) is 27.0 Å². The average Bonchev–Trinajstić information content (AvgIpc) is 3.62. The molecule has 6 rings (SSSR count). The second kappa shape index (κ2) is 8.41. The minimum Gasteiger partial charge on any atom is -0.489 e. The maximum absolute atomic E-state index is 13.1. The van der Waals surface area contributed by atoms with Crippen LogP contribution in [-0.4, -0.2) is 25.1 Å². The van der Waals surface area contributed by atoms with Gasteiger partial charge in [0.05, 0.1) is 11.1 Å². The molecule has 0 N–H and O–H groups in total. The van der Waals surface area contributed by atoms with E-state index < -0.39 is 5.97 Å². The Hall–Kier alpha value is -4.44. The third-order valence-corrected chi connectivity index (χ3v) is 6.63. The summed E-state index contributed by atoms with van der Waals surface area (Å²) in [7, 11) is 1.63. The number of hydrogen-bond donors (Lipinski definition) is 0. The molecular weight excluding hydrogens is 468 g/mol. The first-order chi connectivity index (χ1) is 17.1. The topological polar surface area (TPSA) is 101 Å². The normalized spacial score (nSPS) is 11.5. The van der Waals surface area contributed by atoms with Crippen LogP contribution in [-0.2, 0) is 25.0 Å². The molecule has 0 radical (unpaired) electrons. The van der Waals surface area contributed by atoms with Crippen LogP contribution in [0.1, 0.15) is 21.9 Å². The molecule has 9 nitrogen and oxygen atoms in total. The van der Waals surface area contributed by atoms with Crippen LogP contribution < -0.4 is 10.3 Å². The Balaban J connectivity index is 1.32. The molecule has 4 aromatic heterocycles. The van der Waals surface area contributed by atoms with Crippen molar-refractivity contribution in [2.45, 2.75) is 13.2 Å². The fraction of sp³-hybridized carbons (Fsp3) is 0.120. The number of furan rings is 1. The van der Waals surface area contributed by atoms with Gasteiger partial charge in [0, 0.05) is 12.4 Å². The molecule has 2 aromatic carbocycles. The van der Waals surface area contributed by atoms with E-state index in [1.807, 2.05) is 60.0 Å². The lowest BCUT2D eigenvalue weighted by atomic mass is 10.1. The Morgan fingerprint density at radius 1 is 1.03 bits per heavy atom. The Labute approximate surface area is 201 Å². The van der Waals surface area contributed by atoms with Crippen LogP contribution >= 0.6 is 11.3 Å². The predicted octanol–water partition coefficient (Wildman–Crippen LogP) is 4.32. The van der Waals surface area contributed by atoms with E-state index >= 15 is 0 Å². The number of carbonyl (C=O) groups is 1. The molecule has 0 saturated heterocycles. The first kappa shape index (κ1) is 21.1. The summed E-state index contributed by atoms with van der Waals surface area (Å²) in [6.07, 6.45) is 0. The number of benzene rings is 2. The third-order valence-electron chi connectivity index (χ3n) is 5.74. The number of carbonyl (C=O) groups excluding carboxylic acids is 1. The number of aryl methyl sites for hydroxylation is 1. The van der Waals surface area contributed by atoms with E-state index in [1.165, 1.54) is 15.9 Å². The Bertz CT molecular complexity index is 1760. The monoisotopic (exact) mass is 486 g/mol. The molecule has 0 spiro atoms. The highest BCUT2D eigenvalue weighted by atomic mass is 32.1. The van der Waals surface area contributed by atoms with Gasteiger partial charge in [-0.15, -0.1) is 21.5 Å². The van der Waals surface area contributed by atoms with Crippen molar-refractivity contribution in [1.29, 1.82) is 0 Å². The number of aromatic nitrogens is 4. The molecule has 0 unspecified atom stereocenters. The predicted molar refractivity (Wildman–Crippen MR) is 130 cm³/mol. The molecule has 0 atom stereocenters. The van der Waals surface area contributed by atoms with Gasteiger partial charge in [0.2, 0.25) is 11.5 Å². The Kier molecular flexibility index (Phi) is 5.07. The third kappa shape index (κ3) is 3.55. The zero-order chi connectivity index (χ0) is 23.9. The highest BCUT2D eigenvalue weighted by molar-refractivity contribution is 7.17. The van der Waals surface area contributed by atoms with Crippen LogP contribution in [0.4, 0.5) is 0 Å². The Morgan fingerprint density at radius 2 is 1.83 bits per heavy atom. The molecule has 6 aromatic rings. The molecule has 0 aliphatic carbocycles. The van der Waals surface area contributed by atoms with Gasteiger partial charge in [0.15, 0.2) is 12.4 Å². The summed E-state index contributed by atoms with van der Waals surface area (Å²) in [6.45, 7) is -0.0177. The van der Waals surface area contributed by atoms with Crippen molar-refractivity contribution in [2.24, 2.45) is 7.05 Å². The van der Waals surface area contributed by atoms with E-state index in [0.717, 1.165) is 5.39 Å². The van der Waals surface area contributed by atoms with E-state index in [-0.39, 0.29) is 24.5 Å². The SMILES string of the molecule is Cn1c(=O)c2sccc2n2c(COC(=O)c3oc4ccccc4c3COc3ccccc3)nnc12. The lowest BCUT2D eigenvalue weighted by molar-refractivity contribution is 0.0423. The maximum atomic E-state index is 13.1. The summed E-state index contributed by atoms with van der Waals surface area (Å²) in [5.74, 6) is 0.871. The van der Waals surface area contributed by atoms with Crippen molar-refractivity contribution < 1.29 is 18.7 Å². The summed E-state index contributed by atoms with van der Waals surface area (Å²) in [5.41, 5.74) is 1.69. The van der Waals surface area contributed by atoms with Crippen LogP contribution in [0.3, 0.4) is 0 Å². The number of para-hydroxylation sites is 2. The van der Waals surface area contributed by atoms with Crippen molar-refractivity contribution >= 4 is 44.3 Å². The van der Waals surface area contributed by atoms with E-state index in [4.69, 9.17) is 13.9 Å². The fourth-order valence-electron chi connectivity index (χ4n) is 4.02. The molecule has 0 amide bonds. The lowest BCUT2D eigenvalue weighted by Crippen LogP contribution is -2.19. The van der Waals surface area contributed by atoms with Gasteiger partial charge >= 0.3 is 5.97 Å². The van der Waals surface area contributed by atoms with E-state index in [1.54, 1.807) is 17.5 Å². The number of esters is 1. The number of hydrogen-bond acceptors (Lipinski definition) is 8. The lowest BCUT2D eigenvalue weighted by Gasteiger charge is -2.08. The summed E-state index contributed by atoms with van der Waals surface area (Å²) in [6, 6.07) is 18.5. The molecule has 0 fully saturated rings. The van der Waals surface area contributed by atoms with Gasteiger partial charge in [-0.3, -0.25) is 13.8 Å². The molecule has 35 heavy (non-hydrogen) atoms. The fourth-order valence-corrected chi connectivity index (χ4v) is 4.87. The number of ether oxygens (including phenoxy) is 2. The number of fused-ring (bicyclic) bond motifs is 4. The highest BCUT2D eigenvalue weighted by Crippen LogP contribution is 2.28. The van der Waals surface area contributed by atoms with Crippen LogP contribution in [0, 0.1) is 0 Å². The molecule has 0 aliphatic heterocycles. The van der Waals surface area contributed by atoms with Gasteiger partial charge in [0.25, 0.3) is 5.56 Å². The number of nitrogens with zero attached hydrogens (tertiary/aromatic N) is 4. The first-order valence-electron chi connectivity index (χ1n) is 10.8.